The molecule has 0 bridgehead atoms. The first kappa shape index (κ1) is 22.3. The molecule has 0 radical (unpaired) electrons. The summed E-state index contributed by atoms with van der Waals surface area (Å²) in [7, 11) is 1.72. The van der Waals surface area contributed by atoms with Gasteiger partial charge in [-0.05, 0) is 72.9 Å². The van der Waals surface area contributed by atoms with Gasteiger partial charge in [-0.3, -0.25) is 4.79 Å². The Morgan fingerprint density at radius 3 is 2.64 bits per heavy atom. The topological polar surface area (TPSA) is 59.0 Å². The second-order valence-electron chi connectivity index (χ2n) is 10.4. The van der Waals surface area contributed by atoms with Crippen molar-refractivity contribution >= 4 is 5.97 Å². The third-order valence-electron chi connectivity index (χ3n) is 7.67. The molecule has 2 aromatic rings. The van der Waals surface area contributed by atoms with Crippen LogP contribution in [0.3, 0.4) is 0 Å². The standard InChI is InChI=1S/C28H35NO4/c1-3-4-19-5-6-22(26(11-19)32-2)16-33-24-10-9-21-13-28(14-23(21)12-24)17-29(18-28)15-25(27(30)31)20-7-8-20/h5-6,9-12,20,25H,3-4,7-8,13-18H2,1-2H3,(H,30,31). The van der Waals surface area contributed by atoms with E-state index in [0.29, 0.717) is 19.1 Å². The van der Waals surface area contributed by atoms with Crippen LogP contribution in [0.2, 0.25) is 0 Å². The number of carbonyl (C=O) groups is 1. The summed E-state index contributed by atoms with van der Waals surface area (Å²) in [6.07, 6.45) is 6.49. The van der Waals surface area contributed by atoms with Gasteiger partial charge < -0.3 is 19.5 Å². The molecule has 1 N–H and O–H groups in total. The highest BCUT2D eigenvalue weighted by molar-refractivity contribution is 5.71. The quantitative estimate of drug-likeness (QED) is 0.568. The van der Waals surface area contributed by atoms with Gasteiger partial charge in [0.25, 0.3) is 0 Å². The van der Waals surface area contributed by atoms with Crippen LogP contribution in [0.15, 0.2) is 36.4 Å². The summed E-state index contributed by atoms with van der Waals surface area (Å²) in [4.78, 5) is 13.9. The van der Waals surface area contributed by atoms with E-state index in [9.17, 15) is 9.90 Å². The highest BCUT2D eigenvalue weighted by atomic mass is 16.5. The molecule has 5 heteroatoms. The van der Waals surface area contributed by atoms with Gasteiger partial charge in [-0.15, -0.1) is 0 Å². The lowest BCUT2D eigenvalue weighted by molar-refractivity contribution is -0.144. The van der Waals surface area contributed by atoms with Crippen molar-refractivity contribution < 1.29 is 19.4 Å². The van der Waals surface area contributed by atoms with Crippen LogP contribution < -0.4 is 9.47 Å². The number of carboxylic acid groups (broad SMARTS) is 1. The van der Waals surface area contributed by atoms with Gasteiger partial charge in [0.2, 0.25) is 0 Å². The maximum absolute atomic E-state index is 11.6. The maximum atomic E-state index is 11.6. The Morgan fingerprint density at radius 1 is 1.15 bits per heavy atom. The van der Waals surface area contributed by atoms with Gasteiger partial charge in [-0.2, -0.15) is 0 Å². The molecule has 176 valence electrons. The summed E-state index contributed by atoms with van der Waals surface area (Å²) in [5.41, 5.74) is 5.44. The number of carboxylic acids is 1. The molecular formula is C28H35NO4. The number of hydrogen-bond acceptors (Lipinski definition) is 4. The molecule has 5 rings (SSSR count). The number of aliphatic carboxylic acids is 1. The van der Waals surface area contributed by atoms with Crippen LogP contribution in [0.25, 0.3) is 0 Å². The van der Waals surface area contributed by atoms with Crippen molar-refractivity contribution in [3.63, 3.8) is 0 Å². The molecule has 2 aliphatic carbocycles. The van der Waals surface area contributed by atoms with Gasteiger partial charge >= 0.3 is 5.97 Å². The number of nitrogens with zero attached hydrogens (tertiary/aromatic N) is 1. The van der Waals surface area contributed by atoms with Gasteiger partial charge in [-0.25, -0.2) is 0 Å². The SMILES string of the molecule is CCCc1ccc(COc2ccc3c(c2)CC2(C3)CN(CC(C(=O)O)C3CC3)C2)c(OC)c1. The summed E-state index contributed by atoms with van der Waals surface area (Å²) >= 11 is 0. The van der Waals surface area contributed by atoms with Gasteiger partial charge in [0, 0.05) is 30.6 Å². The highest BCUT2D eigenvalue weighted by Crippen LogP contribution is 2.46. The van der Waals surface area contributed by atoms with E-state index in [2.05, 4.69) is 48.2 Å². The molecule has 1 heterocycles. The normalized spacial score (nSPS) is 19.7. The largest absolute Gasteiger partial charge is 0.496 e. The number of fused-ring (bicyclic) bond motifs is 1. The second-order valence-corrected chi connectivity index (χ2v) is 10.4. The summed E-state index contributed by atoms with van der Waals surface area (Å²) < 4.78 is 11.8. The summed E-state index contributed by atoms with van der Waals surface area (Å²) in [6.45, 7) is 5.41. The predicted molar refractivity (Wildman–Crippen MR) is 128 cm³/mol. The minimum Gasteiger partial charge on any atom is -0.496 e. The Balaban J connectivity index is 1.18. The number of rotatable bonds is 10. The molecule has 33 heavy (non-hydrogen) atoms. The van der Waals surface area contributed by atoms with Crippen LogP contribution in [0.1, 0.15) is 48.4 Å². The van der Waals surface area contributed by atoms with E-state index in [-0.39, 0.29) is 11.3 Å². The molecular weight excluding hydrogens is 414 g/mol. The van der Waals surface area contributed by atoms with E-state index >= 15 is 0 Å². The van der Waals surface area contributed by atoms with Crippen LogP contribution in [0.4, 0.5) is 0 Å². The predicted octanol–water partition coefficient (Wildman–Crippen LogP) is 4.74. The summed E-state index contributed by atoms with van der Waals surface area (Å²) in [6, 6.07) is 12.9. The fourth-order valence-corrected chi connectivity index (χ4v) is 5.87. The molecule has 2 aromatic carbocycles. The lowest BCUT2D eigenvalue weighted by Crippen LogP contribution is -2.58. The molecule has 1 aliphatic heterocycles. The molecule has 1 saturated carbocycles. The molecule has 0 amide bonds. The average molecular weight is 450 g/mol. The number of benzene rings is 2. The number of likely N-dealkylation sites (tertiary alicyclic amines) is 1. The zero-order valence-electron chi connectivity index (χ0n) is 19.8. The van der Waals surface area contributed by atoms with Crippen molar-refractivity contribution in [3.8, 4) is 11.5 Å². The van der Waals surface area contributed by atoms with E-state index in [1.165, 1.54) is 16.7 Å². The minimum atomic E-state index is -0.619. The molecule has 1 unspecified atom stereocenters. The van der Waals surface area contributed by atoms with E-state index in [0.717, 1.165) is 68.7 Å². The van der Waals surface area contributed by atoms with E-state index in [1.54, 1.807) is 7.11 Å². The summed E-state index contributed by atoms with van der Waals surface area (Å²) in [5.74, 6) is 1.40. The van der Waals surface area contributed by atoms with Crippen molar-refractivity contribution in [1.29, 1.82) is 0 Å². The highest BCUT2D eigenvalue weighted by Gasteiger charge is 2.49. The van der Waals surface area contributed by atoms with Crippen LogP contribution in [-0.2, 0) is 30.7 Å². The summed E-state index contributed by atoms with van der Waals surface area (Å²) in [5, 5.41) is 9.54. The Bertz CT molecular complexity index is 1020. The smallest absolute Gasteiger partial charge is 0.308 e. The zero-order valence-corrected chi connectivity index (χ0v) is 19.8. The fraction of sp³-hybridized carbons (Fsp3) is 0.536. The van der Waals surface area contributed by atoms with E-state index in [4.69, 9.17) is 9.47 Å². The van der Waals surface area contributed by atoms with Crippen molar-refractivity contribution in [1.82, 2.24) is 4.90 Å². The molecule has 1 atom stereocenters. The van der Waals surface area contributed by atoms with Crippen molar-refractivity contribution in [2.75, 3.05) is 26.7 Å². The Labute approximate surface area is 196 Å². The van der Waals surface area contributed by atoms with Crippen LogP contribution >= 0.6 is 0 Å². The van der Waals surface area contributed by atoms with Gasteiger partial charge in [0.05, 0.1) is 13.0 Å². The Hall–Kier alpha value is -2.53. The van der Waals surface area contributed by atoms with E-state index in [1.807, 2.05) is 0 Å². The Kier molecular flexibility index (Phi) is 6.09. The van der Waals surface area contributed by atoms with Gasteiger partial charge in [0.15, 0.2) is 0 Å². The monoisotopic (exact) mass is 449 g/mol. The number of aryl methyl sites for hydroxylation is 1. The van der Waals surface area contributed by atoms with Crippen LogP contribution in [-0.4, -0.2) is 42.7 Å². The molecule has 1 saturated heterocycles. The minimum absolute atomic E-state index is 0.181. The lowest BCUT2D eigenvalue weighted by Gasteiger charge is -2.49. The number of methoxy groups -OCH3 is 1. The molecule has 3 aliphatic rings. The first-order valence-corrected chi connectivity index (χ1v) is 12.3. The zero-order chi connectivity index (χ0) is 23.0. The van der Waals surface area contributed by atoms with Crippen LogP contribution in [0.5, 0.6) is 11.5 Å². The molecule has 0 aromatic heterocycles. The first-order valence-electron chi connectivity index (χ1n) is 12.3. The van der Waals surface area contributed by atoms with Crippen molar-refractivity contribution in [3.05, 3.63) is 58.7 Å². The van der Waals surface area contributed by atoms with Crippen molar-refractivity contribution in [2.45, 2.75) is 52.1 Å². The van der Waals surface area contributed by atoms with E-state index < -0.39 is 5.97 Å². The number of ether oxygens (including phenoxy) is 2. The van der Waals surface area contributed by atoms with Gasteiger partial charge in [-0.1, -0.05) is 31.5 Å². The van der Waals surface area contributed by atoms with Crippen LogP contribution in [0, 0.1) is 17.3 Å². The number of hydrogen-bond donors (Lipinski definition) is 1. The molecule has 5 nitrogen and oxygen atoms in total. The third kappa shape index (κ3) is 4.74. The van der Waals surface area contributed by atoms with Gasteiger partial charge in [0.1, 0.15) is 18.1 Å². The maximum Gasteiger partial charge on any atom is 0.308 e. The molecule has 2 fully saturated rings. The fourth-order valence-electron chi connectivity index (χ4n) is 5.87. The Morgan fingerprint density at radius 2 is 1.94 bits per heavy atom. The second kappa shape index (κ2) is 9.02. The van der Waals surface area contributed by atoms with Crippen molar-refractivity contribution in [2.24, 2.45) is 17.3 Å². The average Bonchev–Trinajstić information content (AvgIpc) is 3.54. The third-order valence-corrected chi connectivity index (χ3v) is 7.67. The lowest BCUT2D eigenvalue weighted by atomic mass is 9.76. The first-order chi connectivity index (χ1) is 16.0. The molecule has 1 spiro atoms.